The fraction of sp³-hybridized carbons (Fsp3) is 0.400. The average Bonchev–Trinajstić information content (AvgIpc) is 2.86. The second-order valence-electron chi connectivity index (χ2n) is 4.55. The standard InChI is InChI=1S/C15H20N2O/c1-2-6-15(18)10-9-14-11-12-16-17(14)13-7-4-3-5-8-13/h3-5,7-8,11-12,15,18H,2,6,9-10H2,1H3. The van der Waals surface area contributed by atoms with Gasteiger partial charge in [-0.15, -0.1) is 0 Å². The van der Waals surface area contributed by atoms with Gasteiger partial charge in [0.15, 0.2) is 0 Å². The normalized spacial score (nSPS) is 12.6. The van der Waals surface area contributed by atoms with Gasteiger partial charge in [0.05, 0.1) is 11.8 Å². The maximum atomic E-state index is 9.78. The summed E-state index contributed by atoms with van der Waals surface area (Å²) in [6.45, 7) is 2.09. The minimum atomic E-state index is -0.200. The van der Waals surface area contributed by atoms with Gasteiger partial charge in [0.25, 0.3) is 0 Å². The Labute approximate surface area is 108 Å². The van der Waals surface area contributed by atoms with Crippen LogP contribution in [0.4, 0.5) is 0 Å². The summed E-state index contributed by atoms with van der Waals surface area (Å²) >= 11 is 0. The van der Waals surface area contributed by atoms with Crippen LogP contribution in [0.15, 0.2) is 42.6 Å². The zero-order valence-corrected chi connectivity index (χ0v) is 10.8. The fourth-order valence-electron chi connectivity index (χ4n) is 2.11. The summed E-state index contributed by atoms with van der Waals surface area (Å²) in [4.78, 5) is 0. The number of aryl methyl sites for hydroxylation is 1. The molecule has 1 aromatic heterocycles. The molecule has 0 radical (unpaired) electrons. The van der Waals surface area contributed by atoms with E-state index in [1.165, 1.54) is 0 Å². The van der Waals surface area contributed by atoms with Gasteiger partial charge in [0, 0.05) is 11.9 Å². The van der Waals surface area contributed by atoms with Crippen LogP contribution >= 0.6 is 0 Å². The Morgan fingerprint density at radius 1 is 1.17 bits per heavy atom. The van der Waals surface area contributed by atoms with Crippen molar-refractivity contribution >= 4 is 0 Å². The lowest BCUT2D eigenvalue weighted by molar-refractivity contribution is 0.153. The first-order chi connectivity index (χ1) is 8.81. The van der Waals surface area contributed by atoms with Gasteiger partial charge in [-0.25, -0.2) is 4.68 Å². The van der Waals surface area contributed by atoms with Crippen molar-refractivity contribution in [3.8, 4) is 5.69 Å². The molecule has 0 aliphatic rings. The van der Waals surface area contributed by atoms with E-state index in [2.05, 4.69) is 12.0 Å². The highest BCUT2D eigenvalue weighted by molar-refractivity contribution is 5.32. The lowest BCUT2D eigenvalue weighted by atomic mass is 10.1. The Bertz CT molecular complexity index is 464. The highest BCUT2D eigenvalue weighted by Gasteiger charge is 2.08. The van der Waals surface area contributed by atoms with Crippen molar-refractivity contribution < 1.29 is 5.11 Å². The quantitative estimate of drug-likeness (QED) is 0.848. The van der Waals surface area contributed by atoms with Crippen LogP contribution in [0.1, 0.15) is 31.9 Å². The van der Waals surface area contributed by atoms with Crippen LogP contribution in [0, 0.1) is 0 Å². The molecule has 2 aromatic rings. The molecular weight excluding hydrogens is 224 g/mol. The number of nitrogens with zero attached hydrogens (tertiary/aromatic N) is 2. The molecule has 0 spiro atoms. The summed E-state index contributed by atoms with van der Waals surface area (Å²) in [6, 6.07) is 12.1. The first-order valence-corrected chi connectivity index (χ1v) is 6.57. The van der Waals surface area contributed by atoms with Gasteiger partial charge >= 0.3 is 0 Å². The lowest BCUT2D eigenvalue weighted by Crippen LogP contribution is -2.09. The lowest BCUT2D eigenvalue weighted by Gasteiger charge is -2.10. The molecule has 1 aromatic carbocycles. The van der Waals surface area contributed by atoms with Gasteiger partial charge in [0.2, 0.25) is 0 Å². The van der Waals surface area contributed by atoms with Crippen molar-refractivity contribution in [2.45, 2.75) is 38.7 Å². The van der Waals surface area contributed by atoms with Gasteiger partial charge in [0.1, 0.15) is 0 Å². The van der Waals surface area contributed by atoms with E-state index in [9.17, 15) is 5.11 Å². The first-order valence-electron chi connectivity index (χ1n) is 6.57. The second-order valence-corrected chi connectivity index (χ2v) is 4.55. The third-order valence-electron chi connectivity index (χ3n) is 3.08. The van der Waals surface area contributed by atoms with Crippen molar-refractivity contribution in [1.29, 1.82) is 0 Å². The van der Waals surface area contributed by atoms with Crippen LogP contribution in [0.5, 0.6) is 0 Å². The molecule has 0 saturated carbocycles. The van der Waals surface area contributed by atoms with Crippen LogP contribution in [0.3, 0.4) is 0 Å². The van der Waals surface area contributed by atoms with Crippen molar-refractivity contribution in [1.82, 2.24) is 9.78 Å². The molecule has 18 heavy (non-hydrogen) atoms. The number of benzene rings is 1. The van der Waals surface area contributed by atoms with Gasteiger partial charge in [-0.2, -0.15) is 5.10 Å². The van der Waals surface area contributed by atoms with Gasteiger partial charge in [-0.3, -0.25) is 0 Å². The number of para-hydroxylation sites is 1. The van der Waals surface area contributed by atoms with Crippen LogP contribution in [-0.2, 0) is 6.42 Å². The molecular formula is C15H20N2O. The average molecular weight is 244 g/mol. The number of hydrogen-bond acceptors (Lipinski definition) is 2. The number of rotatable bonds is 6. The zero-order valence-electron chi connectivity index (χ0n) is 10.8. The third-order valence-corrected chi connectivity index (χ3v) is 3.08. The number of aromatic nitrogens is 2. The molecule has 0 bridgehead atoms. The van der Waals surface area contributed by atoms with Gasteiger partial charge in [-0.05, 0) is 37.5 Å². The van der Waals surface area contributed by atoms with Gasteiger partial charge in [-0.1, -0.05) is 31.5 Å². The van der Waals surface area contributed by atoms with Crippen molar-refractivity contribution in [2.75, 3.05) is 0 Å². The molecule has 0 aliphatic heterocycles. The van der Waals surface area contributed by atoms with Crippen LogP contribution in [0.2, 0.25) is 0 Å². The van der Waals surface area contributed by atoms with Crippen molar-refractivity contribution in [3.05, 3.63) is 48.3 Å². The Hall–Kier alpha value is -1.61. The Kier molecular flexibility index (Phi) is 4.53. The maximum absolute atomic E-state index is 9.78. The minimum absolute atomic E-state index is 0.200. The van der Waals surface area contributed by atoms with Crippen molar-refractivity contribution in [3.63, 3.8) is 0 Å². The first kappa shape index (κ1) is 12.8. The van der Waals surface area contributed by atoms with Gasteiger partial charge < -0.3 is 5.11 Å². The molecule has 2 rings (SSSR count). The zero-order chi connectivity index (χ0) is 12.8. The second kappa shape index (κ2) is 6.36. The van der Waals surface area contributed by atoms with E-state index in [0.29, 0.717) is 0 Å². The SMILES string of the molecule is CCCC(O)CCc1ccnn1-c1ccccc1. The summed E-state index contributed by atoms with van der Waals surface area (Å²) in [5, 5.41) is 14.1. The predicted octanol–water partition coefficient (Wildman–Crippen LogP) is 2.97. The summed E-state index contributed by atoms with van der Waals surface area (Å²) in [6.07, 6.45) is 5.17. The van der Waals surface area contributed by atoms with E-state index in [-0.39, 0.29) is 6.10 Å². The Balaban J connectivity index is 2.05. The van der Waals surface area contributed by atoms with Crippen LogP contribution in [0.25, 0.3) is 5.69 Å². The molecule has 1 unspecified atom stereocenters. The summed E-state index contributed by atoms with van der Waals surface area (Å²) in [7, 11) is 0. The molecule has 0 amide bonds. The van der Waals surface area contributed by atoms with E-state index < -0.39 is 0 Å². The fourth-order valence-corrected chi connectivity index (χ4v) is 2.11. The predicted molar refractivity (Wildman–Crippen MR) is 72.8 cm³/mol. The largest absolute Gasteiger partial charge is 0.393 e. The number of aliphatic hydroxyl groups excluding tert-OH is 1. The molecule has 0 aliphatic carbocycles. The molecule has 0 saturated heterocycles. The molecule has 1 heterocycles. The highest BCUT2D eigenvalue weighted by Crippen LogP contribution is 2.13. The van der Waals surface area contributed by atoms with E-state index in [4.69, 9.17) is 0 Å². The number of aliphatic hydroxyl groups is 1. The molecule has 1 atom stereocenters. The molecule has 0 fully saturated rings. The monoisotopic (exact) mass is 244 g/mol. The van der Waals surface area contributed by atoms with Crippen molar-refractivity contribution in [2.24, 2.45) is 0 Å². The van der Waals surface area contributed by atoms with E-state index in [0.717, 1.165) is 37.1 Å². The van der Waals surface area contributed by atoms with E-state index in [1.807, 2.05) is 47.3 Å². The smallest absolute Gasteiger partial charge is 0.0648 e. The Morgan fingerprint density at radius 2 is 1.94 bits per heavy atom. The topological polar surface area (TPSA) is 38.1 Å². The van der Waals surface area contributed by atoms with E-state index in [1.54, 1.807) is 0 Å². The maximum Gasteiger partial charge on any atom is 0.0648 e. The minimum Gasteiger partial charge on any atom is -0.393 e. The molecule has 96 valence electrons. The van der Waals surface area contributed by atoms with Crippen LogP contribution < -0.4 is 0 Å². The molecule has 3 nitrogen and oxygen atoms in total. The van der Waals surface area contributed by atoms with Crippen LogP contribution in [-0.4, -0.2) is 21.0 Å². The summed E-state index contributed by atoms with van der Waals surface area (Å²) in [5.41, 5.74) is 2.22. The Morgan fingerprint density at radius 3 is 2.67 bits per heavy atom. The molecule has 3 heteroatoms. The highest BCUT2D eigenvalue weighted by atomic mass is 16.3. The molecule has 1 N–H and O–H groups in total. The van der Waals surface area contributed by atoms with E-state index >= 15 is 0 Å². The summed E-state index contributed by atoms with van der Waals surface area (Å²) < 4.78 is 1.94. The third kappa shape index (κ3) is 3.20. The number of hydrogen-bond donors (Lipinski definition) is 1. The summed E-state index contributed by atoms with van der Waals surface area (Å²) in [5.74, 6) is 0.